The Morgan fingerprint density at radius 3 is 2.80 bits per heavy atom. The van der Waals surface area contributed by atoms with E-state index in [9.17, 15) is 0 Å². The zero-order valence-corrected chi connectivity index (χ0v) is 12.2. The number of rotatable bonds is 8. The van der Waals surface area contributed by atoms with Gasteiger partial charge in [0.1, 0.15) is 0 Å². The fourth-order valence-electron chi connectivity index (χ4n) is 2.05. The van der Waals surface area contributed by atoms with Gasteiger partial charge in [-0.2, -0.15) is 0 Å². The van der Waals surface area contributed by atoms with E-state index in [4.69, 9.17) is 0 Å². The first-order valence-electron chi connectivity index (χ1n) is 6.96. The first-order valence-corrected chi connectivity index (χ1v) is 6.96. The summed E-state index contributed by atoms with van der Waals surface area (Å²) in [6.45, 7) is 6.71. The molecular formula is C14H22N6. The van der Waals surface area contributed by atoms with Gasteiger partial charge in [-0.15, -0.1) is 5.10 Å². The van der Waals surface area contributed by atoms with Crippen molar-refractivity contribution in [2.24, 2.45) is 0 Å². The van der Waals surface area contributed by atoms with E-state index in [-0.39, 0.29) is 0 Å². The van der Waals surface area contributed by atoms with Crippen molar-refractivity contribution in [2.45, 2.75) is 26.6 Å². The van der Waals surface area contributed by atoms with E-state index in [1.807, 2.05) is 30.3 Å². The first-order chi connectivity index (χ1) is 9.81. The van der Waals surface area contributed by atoms with Crippen molar-refractivity contribution in [3.05, 3.63) is 42.0 Å². The topological polar surface area (TPSA) is 58.9 Å². The van der Waals surface area contributed by atoms with Gasteiger partial charge in [0.25, 0.3) is 0 Å². The van der Waals surface area contributed by atoms with E-state index in [0.29, 0.717) is 0 Å². The van der Waals surface area contributed by atoms with Crippen molar-refractivity contribution < 1.29 is 0 Å². The molecule has 0 amide bonds. The van der Waals surface area contributed by atoms with Crippen molar-refractivity contribution in [1.82, 2.24) is 30.2 Å². The van der Waals surface area contributed by atoms with E-state index >= 15 is 0 Å². The molecule has 0 aliphatic heterocycles. The van der Waals surface area contributed by atoms with Crippen LogP contribution in [0, 0.1) is 0 Å². The van der Waals surface area contributed by atoms with Crippen LogP contribution in [-0.4, -0.2) is 45.0 Å². The first kappa shape index (κ1) is 14.6. The number of nitrogens with one attached hydrogen (secondary N) is 1. The Balaban J connectivity index is 1.83. The second-order valence-electron chi connectivity index (χ2n) is 4.73. The monoisotopic (exact) mass is 274 g/mol. The summed E-state index contributed by atoms with van der Waals surface area (Å²) in [6.07, 6.45) is 5.67. The molecule has 0 aromatic carbocycles. The maximum Gasteiger partial charge on any atom is 0.0964 e. The molecule has 2 aromatic rings. The molecule has 0 bridgehead atoms. The van der Waals surface area contributed by atoms with Gasteiger partial charge in [0.05, 0.1) is 12.2 Å². The largest absolute Gasteiger partial charge is 0.314 e. The lowest BCUT2D eigenvalue weighted by molar-refractivity contribution is 0.262. The van der Waals surface area contributed by atoms with Crippen molar-refractivity contribution in [2.75, 3.05) is 20.1 Å². The molecule has 0 unspecified atom stereocenters. The third-order valence-corrected chi connectivity index (χ3v) is 3.19. The molecule has 6 heteroatoms. The van der Waals surface area contributed by atoms with Crippen molar-refractivity contribution in [3.8, 4) is 0 Å². The molecule has 0 aliphatic carbocycles. The highest BCUT2D eigenvalue weighted by atomic mass is 15.4. The van der Waals surface area contributed by atoms with Crippen LogP contribution in [0.4, 0.5) is 0 Å². The average Bonchev–Trinajstić information content (AvgIpc) is 2.92. The Kier molecular flexibility index (Phi) is 5.64. The third-order valence-electron chi connectivity index (χ3n) is 3.19. The predicted octanol–water partition coefficient (Wildman–Crippen LogP) is 0.915. The number of hydrogen-bond acceptors (Lipinski definition) is 5. The number of pyridine rings is 1. The number of aromatic nitrogens is 4. The predicted molar refractivity (Wildman–Crippen MR) is 78.0 cm³/mol. The quantitative estimate of drug-likeness (QED) is 0.775. The highest BCUT2D eigenvalue weighted by molar-refractivity contribution is 5.09. The van der Waals surface area contributed by atoms with Crippen LogP contribution in [0.1, 0.15) is 18.2 Å². The molecule has 108 valence electrons. The summed E-state index contributed by atoms with van der Waals surface area (Å²) in [7, 11) is 1.91. The molecule has 20 heavy (non-hydrogen) atoms. The summed E-state index contributed by atoms with van der Waals surface area (Å²) in [5.41, 5.74) is 2.26. The van der Waals surface area contributed by atoms with Gasteiger partial charge in [-0.25, -0.2) is 0 Å². The van der Waals surface area contributed by atoms with Crippen LogP contribution in [0.25, 0.3) is 0 Å². The lowest BCUT2D eigenvalue weighted by atomic mass is 10.2. The van der Waals surface area contributed by atoms with Gasteiger partial charge in [-0.05, 0) is 31.3 Å². The molecule has 0 fully saturated rings. The molecule has 2 rings (SSSR count). The highest BCUT2D eigenvalue weighted by Gasteiger charge is 2.05. The maximum atomic E-state index is 4.14. The normalized spacial score (nSPS) is 11.2. The Labute approximate surface area is 119 Å². The van der Waals surface area contributed by atoms with E-state index in [1.165, 1.54) is 5.56 Å². The van der Waals surface area contributed by atoms with Gasteiger partial charge >= 0.3 is 0 Å². The number of likely N-dealkylation sites (N-methyl/N-ethyl adjacent to an activating group) is 1. The lowest BCUT2D eigenvalue weighted by Crippen LogP contribution is -2.27. The van der Waals surface area contributed by atoms with Crippen LogP contribution in [0.3, 0.4) is 0 Å². The minimum atomic E-state index is 0.758. The minimum absolute atomic E-state index is 0.758. The van der Waals surface area contributed by atoms with E-state index < -0.39 is 0 Å². The maximum absolute atomic E-state index is 4.14. The van der Waals surface area contributed by atoms with Crippen LogP contribution in [0.5, 0.6) is 0 Å². The van der Waals surface area contributed by atoms with Crippen LogP contribution >= 0.6 is 0 Å². The Hall–Kier alpha value is -1.79. The number of nitrogens with zero attached hydrogens (tertiary/aromatic N) is 5. The van der Waals surface area contributed by atoms with Gasteiger partial charge in [0, 0.05) is 38.2 Å². The van der Waals surface area contributed by atoms with Gasteiger partial charge in [0.2, 0.25) is 0 Å². The van der Waals surface area contributed by atoms with Crippen molar-refractivity contribution in [3.63, 3.8) is 0 Å². The zero-order valence-electron chi connectivity index (χ0n) is 12.2. The fraction of sp³-hybridized carbons (Fsp3) is 0.500. The summed E-state index contributed by atoms with van der Waals surface area (Å²) in [4.78, 5) is 6.43. The second kappa shape index (κ2) is 7.72. The van der Waals surface area contributed by atoms with Gasteiger partial charge in [-0.3, -0.25) is 14.6 Å². The molecule has 6 nitrogen and oxygen atoms in total. The molecular weight excluding hydrogens is 252 g/mol. The summed E-state index contributed by atoms with van der Waals surface area (Å²) < 4.78 is 1.90. The standard InChI is InChI=1S/C14H22N6/c1-3-19(11-13-4-6-16-7-5-13)8-9-20-12-14(10-15-2)17-18-20/h4-7,12,15H,3,8-11H2,1-2H3. The molecule has 0 saturated carbocycles. The van der Waals surface area contributed by atoms with E-state index in [2.05, 4.69) is 44.6 Å². The molecule has 2 heterocycles. The molecule has 0 saturated heterocycles. The summed E-state index contributed by atoms with van der Waals surface area (Å²) in [6, 6.07) is 4.12. The Bertz CT molecular complexity index is 495. The van der Waals surface area contributed by atoms with Gasteiger partial charge < -0.3 is 5.32 Å². The summed E-state index contributed by atoms with van der Waals surface area (Å²) in [5, 5.41) is 11.3. The molecule has 0 radical (unpaired) electrons. The third kappa shape index (κ3) is 4.40. The van der Waals surface area contributed by atoms with Crippen LogP contribution in [0.2, 0.25) is 0 Å². The highest BCUT2D eigenvalue weighted by Crippen LogP contribution is 2.03. The van der Waals surface area contributed by atoms with Crippen molar-refractivity contribution >= 4 is 0 Å². The van der Waals surface area contributed by atoms with Crippen LogP contribution in [-0.2, 0) is 19.6 Å². The van der Waals surface area contributed by atoms with Crippen LogP contribution < -0.4 is 5.32 Å². The summed E-state index contributed by atoms with van der Waals surface area (Å²) in [5.74, 6) is 0. The average molecular weight is 274 g/mol. The second-order valence-corrected chi connectivity index (χ2v) is 4.73. The van der Waals surface area contributed by atoms with E-state index in [1.54, 1.807) is 0 Å². The summed E-state index contributed by atoms with van der Waals surface area (Å²) >= 11 is 0. The fourth-order valence-corrected chi connectivity index (χ4v) is 2.05. The van der Waals surface area contributed by atoms with E-state index in [0.717, 1.165) is 38.4 Å². The molecule has 2 aromatic heterocycles. The SMILES string of the molecule is CCN(CCn1cc(CNC)nn1)Cc1ccncc1. The molecule has 1 N–H and O–H groups in total. The zero-order chi connectivity index (χ0) is 14.2. The molecule has 0 aliphatic rings. The Morgan fingerprint density at radius 2 is 2.10 bits per heavy atom. The molecule has 0 spiro atoms. The van der Waals surface area contributed by atoms with Gasteiger partial charge in [0.15, 0.2) is 0 Å². The van der Waals surface area contributed by atoms with Crippen LogP contribution in [0.15, 0.2) is 30.7 Å². The molecule has 0 atom stereocenters. The minimum Gasteiger partial charge on any atom is -0.314 e. The van der Waals surface area contributed by atoms with Gasteiger partial charge in [-0.1, -0.05) is 12.1 Å². The smallest absolute Gasteiger partial charge is 0.0964 e. The van der Waals surface area contributed by atoms with Crippen molar-refractivity contribution in [1.29, 1.82) is 0 Å². The number of hydrogen-bond donors (Lipinski definition) is 1. The Morgan fingerprint density at radius 1 is 1.30 bits per heavy atom. The lowest BCUT2D eigenvalue weighted by Gasteiger charge is -2.20.